The highest BCUT2D eigenvalue weighted by molar-refractivity contribution is 6.76. The third-order valence-corrected chi connectivity index (χ3v) is 6.60. The van der Waals surface area contributed by atoms with Gasteiger partial charge < -0.3 is 5.40 Å². The largest absolute Gasteiger partial charge is 0.351 e. The molecule has 62 valence electrons. The Morgan fingerprint density at radius 1 is 1.00 bits per heavy atom. The van der Waals surface area contributed by atoms with Gasteiger partial charge in [-0.25, -0.2) is 0 Å². The van der Waals surface area contributed by atoms with Crippen LogP contribution in [0.3, 0.4) is 0 Å². The van der Waals surface area contributed by atoms with Gasteiger partial charge in [-0.05, 0) is 18.1 Å². The van der Waals surface area contributed by atoms with Crippen LogP contribution in [0.2, 0.25) is 18.1 Å². The first-order chi connectivity index (χ1) is 4.68. The molecule has 0 heterocycles. The van der Waals surface area contributed by atoms with E-state index in [4.69, 9.17) is 5.40 Å². The van der Waals surface area contributed by atoms with E-state index in [0.29, 0.717) is 0 Å². The Hall–Kier alpha value is 0.177. The molecule has 0 rings (SSSR count). The van der Waals surface area contributed by atoms with Crippen molar-refractivity contribution in [2.75, 3.05) is 0 Å². The molecule has 0 saturated heterocycles. The SMILES string of the molecule is CCC[Si](N)(CC)CCC. The molecule has 0 spiro atoms. The summed E-state index contributed by atoms with van der Waals surface area (Å²) in [6.45, 7) is 6.72. The Balaban J connectivity index is 3.69. The Bertz CT molecular complexity index is 77.3. The van der Waals surface area contributed by atoms with Gasteiger partial charge in [0, 0.05) is 0 Å². The minimum atomic E-state index is -1.22. The quantitative estimate of drug-likeness (QED) is 0.613. The lowest BCUT2D eigenvalue weighted by atomic mass is 10.6. The Kier molecular flexibility index (Phi) is 5.00. The van der Waals surface area contributed by atoms with Gasteiger partial charge in [-0.3, -0.25) is 0 Å². The molecular formula is C8H21NSi. The smallest absolute Gasteiger partial charge is 0.122 e. The Morgan fingerprint density at radius 3 is 1.60 bits per heavy atom. The summed E-state index contributed by atoms with van der Waals surface area (Å²) in [5, 5.41) is 6.26. The minimum Gasteiger partial charge on any atom is -0.351 e. The summed E-state index contributed by atoms with van der Waals surface area (Å²) >= 11 is 0. The van der Waals surface area contributed by atoms with Crippen LogP contribution in [0.1, 0.15) is 33.6 Å². The first-order valence-corrected chi connectivity index (χ1v) is 7.17. The lowest BCUT2D eigenvalue weighted by Crippen LogP contribution is -2.44. The van der Waals surface area contributed by atoms with E-state index >= 15 is 0 Å². The molecule has 0 bridgehead atoms. The molecule has 2 heteroatoms. The molecule has 0 atom stereocenters. The first kappa shape index (κ1) is 10.2. The normalized spacial score (nSPS) is 12.0. The van der Waals surface area contributed by atoms with E-state index in [1.54, 1.807) is 0 Å². The first-order valence-electron chi connectivity index (χ1n) is 4.47. The van der Waals surface area contributed by atoms with E-state index in [2.05, 4.69) is 20.8 Å². The zero-order chi connectivity index (χ0) is 8.04. The summed E-state index contributed by atoms with van der Waals surface area (Å²) in [6, 6.07) is 3.89. The van der Waals surface area contributed by atoms with Crippen LogP contribution in [-0.2, 0) is 0 Å². The van der Waals surface area contributed by atoms with Crippen molar-refractivity contribution in [3.8, 4) is 0 Å². The van der Waals surface area contributed by atoms with E-state index in [1.807, 2.05) is 0 Å². The lowest BCUT2D eigenvalue weighted by molar-refractivity contribution is 0.952. The van der Waals surface area contributed by atoms with E-state index in [0.717, 1.165) is 0 Å². The summed E-state index contributed by atoms with van der Waals surface area (Å²) in [5.74, 6) is 0. The molecule has 0 radical (unpaired) electrons. The zero-order valence-electron chi connectivity index (χ0n) is 7.61. The van der Waals surface area contributed by atoms with Crippen molar-refractivity contribution in [3.05, 3.63) is 0 Å². The van der Waals surface area contributed by atoms with Gasteiger partial charge in [-0.1, -0.05) is 33.6 Å². The summed E-state index contributed by atoms with van der Waals surface area (Å²) in [6.07, 6.45) is 2.55. The zero-order valence-corrected chi connectivity index (χ0v) is 8.61. The molecule has 10 heavy (non-hydrogen) atoms. The van der Waals surface area contributed by atoms with Gasteiger partial charge in [-0.15, -0.1) is 0 Å². The molecule has 1 nitrogen and oxygen atoms in total. The van der Waals surface area contributed by atoms with Crippen molar-refractivity contribution in [1.82, 2.24) is 0 Å². The van der Waals surface area contributed by atoms with Crippen LogP contribution in [0.15, 0.2) is 0 Å². The Morgan fingerprint density at radius 2 is 1.40 bits per heavy atom. The van der Waals surface area contributed by atoms with Crippen molar-refractivity contribution < 1.29 is 0 Å². The summed E-state index contributed by atoms with van der Waals surface area (Å²) < 4.78 is 0. The molecule has 0 aromatic carbocycles. The van der Waals surface area contributed by atoms with Crippen LogP contribution < -0.4 is 5.40 Å². The van der Waals surface area contributed by atoms with Crippen LogP contribution in [0, 0.1) is 0 Å². The van der Waals surface area contributed by atoms with Gasteiger partial charge in [0.25, 0.3) is 0 Å². The molecule has 0 aliphatic heterocycles. The second-order valence-electron chi connectivity index (χ2n) is 3.22. The fourth-order valence-corrected chi connectivity index (χ4v) is 4.42. The van der Waals surface area contributed by atoms with Crippen LogP contribution in [-0.4, -0.2) is 8.24 Å². The Labute approximate surface area is 66.1 Å². The van der Waals surface area contributed by atoms with E-state index in [1.165, 1.54) is 31.0 Å². The molecule has 0 unspecified atom stereocenters. The fraction of sp³-hybridized carbons (Fsp3) is 1.00. The summed E-state index contributed by atoms with van der Waals surface area (Å²) in [5.41, 5.74) is 0. The second kappa shape index (κ2) is 4.91. The van der Waals surface area contributed by atoms with E-state index in [9.17, 15) is 0 Å². The van der Waals surface area contributed by atoms with Gasteiger partial charge in [0.1, 0.15) is 8.24 Å². The fourth-order valence-electron chi connectivity index (χ4n) is 1.47. The molecule has 0 saturated carbocycles. The second-order valence-corrected chi connectivity index (χ2v) is 7.65. The monoisotopic (exact) mass is 159 g/mol. The van der Waals surface area contributed by atoms with E-state index in [-0.39, 0.29) is 0 Å². The molecular weight excluding hydrogens is 138 g/mol. The molecule has 2 N–H and O–H groups in total. The summed E-state index contributed by atoms with van der Waals surface area (Å²) in [7, 11) is -1.22. The van der Waals surface area contributed by atoms with Crippen LogP contribution >= 0.6 is 0 Å². The standard InChI is InChI=1S/C8H21NSi/c1-4-7-10(9,6-3)8-5-2/h4-9H2,1-3H3. The number of nitrogens with two attached hydrogens (primary N) is 1. The van der Waals surface area contributed by atoms with Gasteiger partial charge >= 0.3 is 0 Å². The maximum absolute atomic E-state index is 6.26. The highest BCUT2D eigenvalue weighted by atomic mass is 28.3. The van der Waals surface area contributed by atoms with Crippen molar-refractivity contribution in [1.29, 1.82) is 0 Å². The maximum atomic E-state index is 6.26. The molecule has 0 aliphatic rings. The van der Waals surface area contributed by atoms with Gasteiger partial charge in [0.15, 0.2) is 0 Å². The van der Waals surface area contributed by atoms with Gasteiger partial charge in [0.05, 0.1) is 0 Å². The third-order valence-electron chi connectivity index (χ3n) is 2.20. The lowest BCUT2D eigenvalue weighted by Gasteiger charge is -2.23. The van der Waals surface area contributed by atoms with Crippen molar-refractivity contribution >= 4 is 8.24 Å². The number of rotatable bonds is 5. The molecule has 0 aliphatic carbocycles. The van der Waals surface area contributed by atoms with Crippen LogP contribution in [0.25, 0.3) is 0 Å². The topological polar surface area (TPSA) is 26.0 Å². The van der Waals surface area contributed by atoms with E-state index < -0.39 is 8.24 Å². The molecule has 0 fully saturated rings. The van der Waals surface area contributed by atoms with Crippen molar-refractivity contribution in [2.45, 2.75) is 51.7 Å². The average Bonchev–Trinajstić information content (AvgIpc) is 1.89. The third kappa shape index (κ3) is 3.37. The number of hydrogen-bond acceptors (Lipinski definition) is 1. The molecule has 0 aromatic heterocycles. The van der Waals surface area contributed by atoms with Crippen molar-refractivity contribution in [2.24, 2.45) is 5.40 Å². The maximum Gasteiger partial charge on any atom is 0.122 e. The van der Waals surface area contributed by atoms with Crippen molar-refractivity contribution in [3.63, 3.8) is 0 Å². The average molecular weight is 159 g/mol. The predicted molar refractivity (Wildman–Crippen MR) is 50.6 cm³/mol. The highest BCUT2D eigenvalue weighted by Crippen LogP contribution is 2.17. The molecule has 0 amide bonds. The molecule has 0 aromatic rings. The van der Waals surface area contributed by atoms with Crippen LogP contribution in [0.5, 0.6) is 0 Å². The number of hydrogen-bond donors (Lipinski definition) is 1. The van der Waals surface area contributed by atoms with Crippen LogP contribution in [0.4, 0.5) is 0 Å². The predicted octanol–water partition coefficient (Wildman–Crippen LogP) is 2.73. The minimum absolute atomic E-state index is 1.22. The van der Waals surface area contributed by atoms with Gasteiger partial charge in [0.2, 0.25) is 0 Å². The van der Waals surface area contributed by atoms with Gasteiger partial charge in [-0.2, -0.15) is 0 Å². The highest BCUT2D eigenvalue weighted by Gasteiger charge is 2.22. The summed E-state index contributed by atoms with van der Waals surface area (Å²) in [4.78, 5) is 0.